The number of methoxy groups -OCH3 is 1. The molecule has 1 aromatic rings. The van der Waals surface area contributed by atoms with E-state index in [2.05, 4.69) is 13.8 Å². The molecule has 3 rings (SSSR count). The van der Waals surface area contributed by atoms with Crippen LogP contribution in [0, 0.1) is 5.92 Å². The molecular formula is C26H33F3O4. The van der Waals surface area contributed by atoms with Crippen molar-refractivity contribution in [3.63, 3.8) is 0 Å². The van der Waals surface area contributed by atoms with Crippen LogP contribution in [0.5, 0.6) is 11.5 Å². The average molecular weight is 467 g/mol. The molecule has 1 heterocycles. The van der Waals surface area contributed by atoms with Gasteiger partial charge in [-0.15, -0.1) is 0 Å². The second-order valence-electron chi connectivity index (χ2n) is 9.75. The van der Waals surface area contributed by atoms with Crippen LogP contribution in [0.15, 0.2) is 35.4 Å². The SMILES string of the molecule is COc1cc(C(C)C(C)CCCCC(F)(F)F)cc2c1C1CC(C(=O)O)=CC=C1C(C)(C)O2. The van der Waals surface area contributed by atoms with Gasteiger partial charge in [-0.05, 0) is 61.8 Å². The molecule has 0 spiro atoms. The van der Waals surface area contributed by atoms with Crippen molar-refractivity contribution < 1.29 is 32.5 Å². The molecule has 0 aromatic heterocycles. The third-order valence-corrected chi connectivity index (χ3v) is 7.04. The van der Waals surface area contributed by atoms with Gasteiger partial charge in [0.05, 0.1) is 7.11 Å². The van der Waals surface area contributed by atoms with Crippen molar-refractivity contribution >= 4 is 5.97 Å². The van der Waals surface area contributed by atoms with E-state index in [-0.39, 0.29) is 24.2 Å². The number of halogens is 3. The molecule has 0 bridgehead atoms. The Morgan fingerprint density at radius 2 is 1.94 bits per heavy atom. The van der Waals surface area contributed by atoms with Crippen molar-refractivity contribution in [2.75, 3.05) is 7.11 Å². The van der Waals surface area contributed by atoms with Gasteiger partial charge in [0.2, 0.25) is 0 Å². The highest BCUT2D eigenvalue weighted by molar-refractivity contribution is 5.88. The fourth-order valence-electron chi connectivity index (χ4n) is 4.93. The van der Waals surface area contributed by atoms with Gasteiger partial charge in [0.1, 0.15) is 17.1 Å². The molecule has 0 saturated heterocycles. The molecule has 2 aliphatic rings. The topological polar surface area (TPSA) is 55.8 Å². The monoisotopic (exact) mass is 466 g/mol. The van der Waals surface area contributed by atoms with Crippen molar-refractivity contribution in [1.29, 1.82) is 0 Å². The summed E-state index contributed by atoms with van der Waals surface area (Å²) in [6.45, 7) is 8.07. The summed E-state index contributed by atoms with van der Waals surface area (Å²) in [7, 11) is 1.59. The number of carbonyl (C=O) groups is 1. The van der Waals surface area contributed by atoms with Gasteiger partial charge in [0, 0.05) is 23.5 Å². The van der Waals surface area contributed by atoms with Gasteiger partial charge in [-0.25, -0.2) is 4.79 Å². The number of alkyl halides is 3. The van der Waals surface area contributed by atoms with E-state index in [9.17, 15) is 23.1 Å². The zero-order valence-corrected chi connectivity index (χ0v) is 19.9. The summed E-state index contributed by atoms with van der Waals surface area (Å²) >= 11 is 0. The quantitative estimate of drug-likeness (QED) is 0.413. The third kappa shape index (κ3) is 5.56. The van der Waals surface area contributed by atoms with Crippen molar-refractivity contribution in [3.05, 3.63) is 46.6 Å². The maximum Gasteiger partial charge on any atom is 0.389 e. The average Bonchev–Trinajstić information content (AvgIpc) is 2.73. The first-order valence-electron chi connectivity index (χ1n) is 11.5. The zero-order valence-electron chi connectivity index (χ0n) is 19.9. The summed E-state index contributed by atoms with van der Waals surface area (Å²) in [5.41, 5.74) is 2.61. The van der Waals surface area contributed by atoms with E-state index in [1.165, 1.54) is 0 Å². The van der Waals surface area contributed by atoms with Crippen molar-refractivity contribution in [2.45, 2.75) is 83.4 Å². The van der Waals surface area contributed by atoms with Crippen LogP contribution >= 0.6 is 0 Å². The first-order chi connectivity index (χ1) is 15.3. The summed E-state index contributed by atoms with van der Waals surface area (Å²) in [6.07, 6.45) is 0.375. The Morgan fingerprint density at radius 1 is 1.24 bits per heavy atom. The van der Waals surface area contributed by atoms with E-state index in [0.29, 0.717) is 36.3 Å². The molecule has 0 amide bonds. The second kappa shape index (κ2) is 9.43. The molecule has 3 atom stereocenters. The normalized spacial score (nSPS) is 21.0. The second-order valence-corrected chi connectivity index (χ2v) is 9.75. The number of aliphatic carboxylic acids is 1. The molecule has 1 aliphatic carbocycles. The van der Waals surface area contributed by atoms with Gasteiger partial charge in [-0.1, -0.05) is 38.8 Å². The van der Waals surface area contributed by atoms with Gasteiger partial charge in [-0.2, -0.15) is 13.2 Å². The number of carboxylic acids is 1. The summed E-state index contributed by atoms with van der Waals surface area (Å²) in [5, 5.41) is 9.52. The Kier molecular flexibility index (Phi) is 7.20. The summed E-state index contributed by atoms with van der Waals surface area (Å²) in [5.74, 6) is 0.526. The maximum absolute atomic E-state index is 12.4. The molecule has 0 radical (unpaired) electrons. The number of fused-ring (bicyclic) bond motifs is 3. The van der Waals surface area contributed by atoms with Crippen molar-refractivity contribution in [1.82, 2.24) is 0 Å². The van der Waals surface area contributed by atoms with Crippen LogP contribution in [0.25, 0.3) is 0 Å². The largest absolute Gasteiger partial charge is 0.496 e. The molecule has 3 unspecified atom stereocenters. The molecule has 33 heavy (non-hydrogen) atoms. The fraction of sp³-hybridized carbons (Fsp3) is 0.577. The number of allylic oxidation sites excluding steroid dienone is 2. The van der Waals surface area contributed by atoms with Gasteiger partial charge in [0.15, 0.2) is 0 Å². The Morgan fingerprint density at radius 3 is 2.55 bits per heavy atom. The molecular weight excluding hydrogens is 433 g/mol. The number of rotatable bonds is 8. The van der Waals surface area contributed by atoms with Gasteiger partial charge in [-0.3, -0.25) is 0 Å². The maximum atomic E-state index is 12.4. The van der Waals surface area contributed by atoms with Crippen molar-refractivity contribution in [3.8, 4) is 11.5 Å². The van der Waals surface area contributed by atoms with E-state index in [0.717, 1.165) is 16.7 Å². The Balaban J connectivity index is 1.87. The van der Waals surface area contributed by atoms with E-state index in [1.807, 2.05) is 32.1 Å². The lowest BCUT2D eigenvalue weighted by Gasteiger charge is -2.42. The lowest BCUT2D eigenvalue weighted by Crippen LogP contribution is -2.39. The number of hydrogen-bond donors (Lipinski definition) is 1. The highest BCUT2D eigenvalue weighted by atomic mass is 19.4. The van der Waals surface area contributed by atoms with Crippen LogP contribution < -0.4 is 9.47 Å². The Labute approximate surface area is 193 Å². The van der Waals surface area contributed by atoms with E-state index >= 15 is 0 Å². The van der Waals surface area contributed by atoms with Gasteiger partial charge in [0.25, 0.3) is 0 Å². The first kappa shape index (κ1) is 25.2. The molecule has 7 heteroatoms. The Hall–Kier alpha value is -2.44. The molecule has 1 aliphatic heterocycles. The number of benzene rings is 1. The predicted molar refractivity (Wildman–Crippen MR) is 121 cm³/mol. The molecule has 4 nitrogen and oxygen atoms in total. The fourth-order valence-corrected chi connectivity index (χ4v) is 4.93. The molecule has 1 N–H and O–H groups in total. The summed E-state index contributed by atoms with van der Waals surface area (Å²) in [6, 6.07) is 3.96. The molecule has 1 aromatic carbocycles. The van der Waals surface area contributed by atoms with Crippen LogP contribution in [-0.4, -0.2) is 30.0 Å². The number of unbranched alkanes of at least 4 members (excludes halogenated alkanes) is 1. The molecule has 0 saturated carbocycles. The standard InChI is InChI=1S/C26H33F3O4/c1-15(8-6-7-11-26(27,28)29)16(2)18-13-21(32-5)23-19-12-17(24(30)31)9-10-20(19)25(3,4)33-22(23)14-18/h9-10,13-16,19H,6-8,11-12H2,1-5H3,(H,30,31). The van der Waals surface area contributed by atoms with E-state index < -0.39 is 24.2 Å². The van der Waals surface area contributed by atoms with Crippen LogP contribution in [-0.2, 0) is 4.79 Å². The smallest absolute Gasteiger partial charge is 0.389 e. The summed E-state index contributed by atoms with van der Waals surface area (Å²) in [4.78, 5) is 11.6. The minimum atomic E-state index is -4.10. The Bertz CT molecular complexity index is 959. The van der Waals surface area contributed by atoms with E-state index in [1.54, 1.807) is 13.2 Å². The van der Waals surface area contributed by atoms with Gasteiger partial charge >= 0.3 is 12.1 Å². The predicted octanol–water partition coefficient (Wildman–Crippen LogP) is 7.15. The highest BCUT2D eigenvalue weighted by Crippen LogP contribution is 2.53. The lowest BCUT2D eigenvalue weighted by molar-refractivity contribution is -0.136. The van der Waals surface area contributed by atoms with Gasteiger partial charge < -0.3 is 14.6 Å². The minimum absolute atomic E-state index is 0.0968. The van der Waals surface area contributed by atoms with Crippen molar-refractivity contribution in [2.24, 2.45) is 5.92 Å². The van der Waals surface area contributed by atoms with Crippen LogP contribution in [0.1, 0.15) is 82.8 Å². The summed E-state index contributed by atoms with van der Waals surface area (Å²) < 4.78 is 49.4. The highest BCUT2D eigenvalue weighted by Gasteiger charge is 2.42. The number of carboxylic acid groups (broad SMARTS) is 1. The lowest BCUT2D eigenvalue weighted by atomic mass is 9.72. The minimum Gasteiger partial charge on any atom is -0.496 e. The first-order valence-corrected chi connectivity index (χ1v) is 11.5. The number of ether oxygens (including phenoxy) is 2. The van der Waals surface area contributed by atoms with E-state index in [4.69, 9.17) is 9.47 Å². The van der Waals surface area contributed by atoms with Crippen LogP contribution in [0.3, 0.4) is 0 Å². The van der Waals surface area contributed by atoms with Crippen LogP contribution in [0.2, 0.25) is 0 Å². The zero-order chi connectivity index (χ0) is 24.6. The third-order valence-electron chi connectivity index (χ3n) is 7.04. The van der Waals surface area contributed by atoms with Crippen LogP contribution in [0.4, 0.5) is 13.2 Å². The molecule has 0 fully saturated rings. The molecule has 182 valence electrons. The number of hydrogen-bond acceptors (Lipinski definition) is 3.